The van der Waals surface area contributed by atoms with E-state index in [0.29, 0.717) is 0 Å². The number of halogens is 1. The summed E-state index contributed by atoms with van der Waals surface area (Å²) in [6, 6.07) is 89.0. The maximum Gasteiger partial charge on any atom is 0.101 e. The second-order valence-electron chi connectivity index (χ2n) is 14.3. The molecule has 0 heterocycles. The van der Waals surface area contributed by atoms with E-state index in [1.165, 1.54) is 67.1 Å². The van der Waals surface area contributed by atoms with Crippen LogP contribution in [0, 0.1) is 10.2 Å². The zero-order chi connectivity index (χ0) is 42.5. The second kappa shape index (κ2) is 26.8. The summed E-state index contributed by atoms with van der Waals surface area (Å²) < 4.78 is 30.2. The molecule has 0 aliphatic carbocycles. The Morgan fingerprint density at radius 1 is 0.258 bits per heavy atom. The fourth-order valence-corrected chi connectivity index (χ4v) is 19.8. The molecule has 0 saturated heterocycles. The fourth-order valence-electron chi connectivity index (χ4n) is 7.44. The molecular formula is C52H55ClO4P4Rh+4. The maximum absolute atomic E-state index is 8.83. The van der Waals surface area contributed by atoms with Crippen molar-refractivity contribution in [2.24, 2.45) is 0 Å². The third-order valence-electron chi connectivity index (χ3n) is 10.2. The van der Waals surface area contributed by atoms with Gasteiger partial charge in [-0.3, -0.25) is 0 Å². The van der Waals surface area contributed by atoms with Crippen LogP contribution in [0.25, 0.3) is 0 Å². The molecular weight excluding hydrogens is 951 g/mol. The molecule has 0 unspecified atom stereocenters. The summed E-state index contributed by atoms with van der Waals surface area (Å²) in [6.07, 6.45) is 5.04. The smallest absolute Gasteiger partial charge is 0.0620 e. The van der Waals surface area contributed by atoms with Crippen LogP contribution in [0.5, 0.6) is 0 Å². The minimum absolute atomic E-state index is 0. The van der Waals surface area contributed by atoms with Gasteiger partial charge in [0.15, 0.2) is 0 Å². The summed E-state index contributed by atoms with van der Waals surface area (Å²) >= 11 is 0. The number of hydrogen-bond donors (Lipinski definition) is 3. The van der Waals surface area contributed by atoms with Gasteiger partial charge in [0.05, 0.1) is 74.1 Å². The molecule has 0 aromatic heterocycles. The van der Waals surface area contributed by atoms with Crippen LogP contribution in [0.1, 0.15) is 0 Å². The molecule has 319 valence electrons. The van der Waals surface area contributed by atoms with Crippen molar-refractivity contribution < 1.29 is 48.4 Å². The summed E-state index contributed by atoms with van der Waals surface area (Å²) in [5, 5.41) is 12.1. The van der Waals surface area contributed by atoms with E-state index in [1.807, 2.05) is 0 Å². The van der Waals surface area contributed by atoms with Crippen molar-refractivity contribution >= 4 is 74.1 Å². The first-order valence-electron chi connectivity index (χ1n) is 20.4. The van der Waals surface area contributed by atoms with Gasteiger partial charge in [-0.2, -0.15) is 0 Å². The predicted molar refractivity (Wildman–Crippen MR) is 268 cm³/mol. The Balaban J connectivity index is 0.000000208. The zero-order valence-corrected chi connectivity index (χ0v) is 40.8. The van der Waals surface area contributed by atoms with Crippen LogP contribution in [0.4, 0.5) is 0 Å². The van der Waals surface area contributed by atoms with Gasteiger partial charge in [0, 0.05) is 19.5 Å². The first-order chi connectivity index (χ1) is 29.8. The topological polar surface area (TPSA) is 83.8 Å². The van der Waals surface area contributed by atoms with E-state index >= 15 is 0 Å². The van der Waals surface area contributed by atoms with Crippen molar-refractivity contribution in [1.82, 2.24) is 0 Å². The van der Waals surface area contributed by atoms with Gasteiger partial charge < -0.3 is 0 Å². The van der Waals surface area contributed by atoms with Crippen molar-refractivity contribution in [2.45, 2.75) is 0 Å². The molecule has 0 saturated carbocycles. The number of hydrogen-bond acceptors (Lipinski definition) is 4. The van der Waals surface area contributed by atoms with Gasteiger partial charge in [0.2, 0.25) is 0 Å². The molecule has 0 aliphatic heterocycles. The van der Waals surface area contributed by atoms with E-state index in [1.54, 1.807) is 0 Å². The maximum atomic E-state index is 8.83. The molecule has 0 amide bonds. The third kappa shape index (κ3) is 16.4. The molecule has 0 fully saturated rings. The molecule has 8 aromatic rings. The van der Waals surface area contributed by atoms with Gasteiger partial charge in [-0.15, -0.1) is 0 Å². The molecule has 8 aromatic carbocycles. The van der Waals surface area contributed by atoms with Crippen molar-refractivity contribution in [1.29, 1.82) is 0 Å². The molecule has 8 rings (SSSR count). The van der Waals surface area contributed by atoms with Crippen LogP contribution < -0.4 is 47.1 Å². The van der Waals surface area contributed by atoms with E-state index < -0.39 is 41.9 Å². The van der Waals surface area contributed by atoms with Crippen LogP contribution in [-0.2, 0) is 19.5 Å². The predicted octanol–water partition coefficient (Wildman–Crippen LogP) is 6.57. The first kappa shape index (κ1) is 49.3. The van der Waals surface area contributed by atoms with Crippen LogP contribution in [-0.4, -0.2) is 38.6 Å². The first-order valence-corrected chi connectivity index (χ1v) is 28.5. The van der Waals surface area contributed by atoms with Crippen LogP contribution in [0.2, 0.25) is 0 Å². The summed E-state index contributed by atoms with van der Waals surface area (Å²) in [6.45, 7) is 0. The van der Waals surface area contributed by atoms with Crippen molar-refractivity contribution in [3.63, 3.8) is 0 Å². The van der Waals surface area contributed by atoms with E-state index in [-0.39, 0.29) is 19.5 Å². The molecule has 0 bridgehead atoms. The summed E-state index contributed by atoms with van der Waals surface area (Å²) in [5.41, 5.74) is 0. The van der Waals surface area contributed by atoms with Gasteiger partial charge in [-0.05, 0) is 97.1 Å². The largest absolute Gasteiger partial charge is 0.101 e. The van der Waals surface area contributed by atoms with Gasteiger partial charge in [0.1, 0.15) is 24.6 Å². The van der Waals surface area contributed by atoms with E-state index in [4.69, 9.17) is 18.6 Å². The Bertz CT molecular complexity index is 1880. The van der Waals surface area contributed by atoms with Gasteiger partial charge in [-0.25, -0.2) is 0 Å². The Morgan fingerprint density at radius 2 is 0.355 bits per heavy atom. The normalized spacial score (nSPS) is 11.2. The van der Waals surface area contributed by atoms with Crippen LogP contribution >= 0.6 is 31.7 Å². The SMILES string of the molecule is [O-][Cl+](O)(O)O.[Rh].c1ccc([PH+](CC[PH+](c2ccccc2)c2ccccc2)c2ccccc2)cc1.c1ccc([PH+](CC[PH+](c2ccccc2)c2ccccc2)c2ccccc2)cc1. The molecule has 10 heteroatoms. The van der Waals surface area contributed by atoms with E-state index in [2.05, 4.69) is 243 Å². The summed E-state index contributed by atoms with van der Waals surface area (Å²) in [5.74, 6) is 0. The van der Waals surface area contributed by atoms with E-state index in [0.717, 1.165) is 0 Å². The minimum Gasteiger partial charge on any atom is -0.0620 e. The molecule has 0 atom stereocenters. The summed E-state index contributed by atoms with van der Waals surface area (Å²) in [4.78, 5) is 0. The third-order valence-corrected chi connectivity index (χ3v) is 22.5. The number of benzene rings is 8. The molecule has 0 aliphatic rings. The molecule has 4 nitrogen and oxygen atoms in total. The molecule has 62 heavy (non-hydrogen) atoms. The van der Waals surface area contributed by atoms with Crippen molar-refractivity contribution in [2.75, 3.05) is 24.6 Å². The standard InChI is InChI=1S/2C26H24P2.ClH3O4.Rh/c2*1-5-13-23(14-6-1)27(24-15-7-2-8-16-24)21-22-28(25-17-9-3-10-18-25)26-19-11-4-12-20-26;2-1(3,4)5;/h2*1-20H,21-22H2;2-4H;/p+4. The van der Waals surface area contributed by atoms with Gasteiger partial charge >= 0.3 is 28.9 Å². The van der Waals surface area contributed by atoms with Crippen LogP contribution in [0.3, 0.4) is 0 Å². The summed E-state index contributed by atoms with van der Waals surface area (Å²) in [7, 11) is -7.33. The minimum atomic E-state index is -4.19. The van der Waals surface area contributed by atoms with Crippen molar-refractivity contribution in [3.05, 3.63) is 243 Å². The molecule has 1 radical (unpaired) electrons. The Hall–Kier alpha value is -3.77. The Morgan fingerprint density at radius 3 is 0.452 bits per heavy atom. The monoisotopic (exact) mass is 1010 g/mol. The van der Waals surface area contributed by atoms with Gasteiger partial charge in [0.25, 0.3) is 0 Å². The van der Waals surface area contributed by atoms with E-state index in [9.17, 15) is 0 Å². The van der Waals surface area contributed by atoms with Gasteiger partial charge in [-0.1, -0.05) is 146 Å². The van der Waals surface area contributed by atoms with Crippen molar-refractivity contribution in [3.8, 4) is 0 Å². The average molecular weight is 1010 g/mol. The Labute approximate surface area is 387 Å². The fraction of sp³-hybridized carbons (Fsp3) is 0.0769. The zero-order valence-electron chi connectivity index (χ0n) is 34.4. The second-order valence-corrected chi connectivity index (χ2v) is 25.6. The molecule has 3 N–H and O–H groups in total. The Kier molecular flexibility index (Phi) is 21.3. The quantitative estimate of drug-likeness (QED) is 0.0852. The average Bonchev–Trinajstić information content (AvgIpc) is 3.31. The molecule has 0 spiro atoms. The van der Waals surface area contributed by atoms with Crippen LogP contribution in [0.15, 0.2) is 243 Å². The number of rotatable bonds is 14.